The maximum atomic E-state index is 12.9. The topological polar surface area (TPSA) is 33.2 Å². The van der Waals surface area contributed by atoms with E-state index in [-0.39, 0.29) is 5.91 Å². The van der Waals surface area contributed by atoms with Crippen molar-refractivity contribution in [1.29, 1.82) is 0 Å². The van der Waals surface area contributed by atoms with Crippen LogP contribution in [0.15, 0.2) is 30.5 Å². The van der Waals surface area contributed by atoms with Gasteiger partial charge in [0.05, 0.1) is 5.56 Å². The lowest BCUT2D eigenvalue weighted by Crippen LogP contribution is -2.36. The number of pyridine rings is 1. The number of amides is 1. The first-order valence-electron chi connectivity index (χ1n) is 7.42. The highest BCUT2D eigenvalue weighted by Crippen LogP contribution is 2.31. The van der Waals surface area contributed by atoms with Crippen LogP contribution in [0, 0.1) is 5.92 Å². The van der Waals surface area contributed by atoms with Crippen LogP contribution in [-0.2, 0) is 0 Å². The van der Waals surface area contributed by atoms with Crippen molar-refractivity contribution in [1.82, 2.24) is 9.88 Å². The number of nitrogens with zero attached hydrogens (tertiary/aromatic N) is 2. The summed E-state index contributed by atoms with van der Waals surface area (Å²) in [6.07, 6.45) is 3.83. The highest BCUT2D eigenvalue weighted by Gasteiger charge is 2.34. The molecule has 1 aromatic heterocycles. The molecule has 0 atom stereocenters. The summed E-state index contributed by atoms with van der Waals surface area (Å²) in [5.74, 6) is 0.535. The fourth-order valence-electron chi connectivity index (χ4n) is 2.66. The lowest BCUT2D eigenvalue weighted by Gasteiger charge is -2.25. The molecule has 0 saturated heterocycles. The summed E-state index contributed by atoms with van der Waals surface area (Å²) in [5, 5.41) is 2.17. The van der Waals surface area contributed by atoms with E-state index in [2.05, 4.69) is 18.8 Å². The molecule has 3 nitrogen and oxygen atoms in total. The maximum Gasteiger partial charge on any atom is 0.256 e. The van der Waals surface area contributed by atoms with Gasteiger partial charge in [-0.25, -0.2) is 4.98 Å². The molecule has 4 heteroatoms. The van der Waals surface area contributed by atoms with Crippen molar-refractivity contribution in [2.24, 2.45) is 5.92 Å². The Morgan fingerprint density at radius 1 is 1.33 bits per heavy atom. The number of halogens is 1. The van der Waals surface area contributed by atoms with Gasteiger partial charge in [0, 0.05) is 24.2 Å². The summed E-state index contributed by atoms with van der Waals surface area (Å²) in [6.45, 7) is 5.07. The highest BCUT2D eigenvalue weighted by atomic mass is 35.5. The second kappa shape index (κ2) is 5.64. The Labute approximate surface area is 129 Å². The van der Waals surface area contributed by atoms with Gasteiger partial charge in [0.25, 0.3) is 5.91 Å². The lowest BCUT2D eigenvalue weighted by molar-refractivity contribution is 0.0724. The van der Waals surface area contributed by atoms with E-state index in [1.807, 2.05) is 29.2 Å². The molecule has 0 unspecified atom stereocenters. The molecule has 3 rings (SSSR count). The van der Waals surface area contributed by atoms with Gasteiger partial charge in [-0.05, 0) is 24.1 Å². The molecular formula is C17H19ClN2O. The molecule has 1 aliphatic rings. The largest absolute Gasteiger partial charge is 0.335 e. The van der Waals surface area contributed by atoms with Crippen molar-refractivity contribution < 1.29 is 4.79 Å². The zero-order valence-electron chi connectivity index (χ0n) is 12.3. The summed E-state index contributed by atoms with van der Waals surface area (Å²) in [4.78, 5) is 19.1. The van der Waals surface area contributed by atoms with Crippen LogP contribution in [0.5, 0.6) is 0 Å². The number of fused-ring (bicyclic) bond motifs is 1. The first-order chi connectivity index (χ1) is 10.1. The van der Waals surface area contributed by atoms with E-state index >= 15 is 0 Å². The molecule has 1 saturated carbocycles. The van der Waals surface area contributed by atoms with Crippen LogP contribution in [0.4, 0.5) is 0 Å². The monoisotopic (exact) mass is 302 g/mol. The Kier molecular flexibility index (Phi) is 3.85. The van der Waals surface area contributed by atoms with Crippen LogP contribution >= 0.6 is 11.6 Å². The van der Waals surface area contributed by atoms with Gasteiger partial charge in [0.1, 0.15) is 5.15 Å². The minimum atomic E-state index is 0.0755. The van der Waals surface area contributed by atoms with Gasteiger partial charge in [-0.2, -0.15) is 0 Å². The Morgan fingerprint density at radius 2 is 2.00 bits per heavy atom. The van der Waals surface area contributed by atoms with E-state index in [4.69, 9.17) is 11.6 Å². The third kappa shape index (κ3) is 2.88. The predicted molar refractivity (Wildman–Crippen MR) is 85.6 cm³/mol. The summed E-state index contributed by atoms with van der Waals surface area (Å²) in [6, 6.07) is 8.09. The molecule has 0 radical (unpaired) electrons. The van der Waals surface area contributed by atoms with Gasteiger partial charge in [-0.1, -0.05) is 49.7 Å². The Bertz CT molecular complexity index is 680. The van der Waals surface area contributed by atoms with Crippen molar-refractivity contribution in [3.8, 4) is 0 Å². The van der Waals surface area contributed by atoms with Gasteiger partial charge in [0.15, 0.2) is 0 Å². The summed E-state index contributed by atoms with van der Waals surface area (Å²) in [5.41, 5.74) is 0.655. The third-order valence-corrected chi connectivity index (χ3v) is 4.09. The minimum Gasteiger partial charge on any atom is -0.335 e. The molecule has 1 aliphatic carbocycles. The van der Waals surface area contributed by atoms with Gasteiger partial charge < -0.3 is 4.90 Å². The third-order valence-electron chi connectivity index (χ3n) is 3.79. The van der Waals surface area contributed by atoms with Gasteiger partial charge in [0.2, 0.25) is 0 Å². The average molecular weight is 303 g/mol. The van der Waals surface area contributed by atoms with E-state index in [0.717, 1.165) is 30.2 Å². The van der Waals surface area contributed by atoms with Gasteiger partial charge in [-0.15, -0.1) is 0 Å². The van der Waals surface area contributed by atoms with Crippen molar-refractivity contribution in [2.75, 3.05) is 6.54 Å². The second-order valence-corrected chi connectivity index (χ2v) is 6.45. The average Bonchev–Trinajstić information content (AvgIpc) is 3.29. The maximum absolute atomic E-state index is 12.9. The summed E-state index contributed by atoms with van der Waals surface area (Å²) < 4.78 is 0. The zero-order chi connectivity index (χ0) is 15.0. The Morgan fingerprint density at radius 3 is 2.62 bits per heavy atom. The molecule has 0 spiro atoms. The summed E-state index contributed by atoms with van der Waals surface area (Å²) in [7, 11) is 0. The molecule has 110 valence electrons. The van der Waals surface area contributed by atoms with Gasteiger partial charge >= 0.3 is 0 Å². The molecule has 1 heterocycles. The van der Waals surface area contributed by atoms with E-state index in [0.29, 0.717) is 22.7 Å². The fraction of sp³-hybridized carbons (Fsp3) is 0.412. The van der Waals surface area contributed by atoms with Crippen LogP contribution in [-0.4, -0.2) is 28.4 Å². The number of carbonyl (C=O) groups excluding carboxylic acids is 1. The standard InChI is InChI=1S/C17H19ClN2O/c1-11(2)10-20(12-7-8-12)17(21)15-9-19-16(18)14-6-4-3-5-13(14)15/h3-6,9,11-12H,7-8,10H2,1-2H3. The normalized spacial score (nSPS) is 14.7. The smallest absolute Gasteiger partial charge is 0.256 e. The lowest BCUT2D eigenvalue weighted by atomic mass is 10.1. The van der Waals surface area contributed by atoms with E-state index in [1.165, 1.54) is 0 Å². The minimum absolute atomic E-state index is 0.0755. The fourth-order valence-corrected chi connectivity index (χ4v) is 2.87. The predicted octanol–water partition coefficient (Wildman–Crippen LogP) is 4.15. The molecular weight excluding hydrogens is 284 g/mol. The van der Waals surface area contributed by atoms with E-state index in [1.54, 1.807) is 6.20 Å². The molecule has 0 bridgehead atoms. The number of aromatic nitrogens is 1. The SMILES string of the molecule is CC(C)CN(C(=O)c1cnc(Cl)c2ccccc12)C1CC1. The molecule has 0 N–H and O–H groups in total. The number of rotatable bonds is 4. The second-order valence-electron chi connectivity index (χ2n) is 6.09. The molecule has 1 amide bonds. The van der Waals surface area contributed by atoms with Crippen molar-refractivity contribution in [3.63, 3.8) is 0 Å². The van der Waals surface area contributed by atoms with E-state index in [9.17, 15) is 4.79 Å². The molecule has 0 aliphatic heterocycles. The summed E-state index contributed by atoms with van der Waals surface area (Å²) >= 11 is 6.14. The van der Waals surface area contributed by atoms with Crippen LogP contribution in [0.2, 0.25) is 5.15 Å². The highest BCUT2D eigenvalue weighted by molar-refractivity contribution is 6.34. The molecule has 21 heavy (non-hydrogen) atoms. The van der Waals surface area contributed by atoms with Crippen LogP contribution in [0.3, 0.4) is 0 Å². The quantitative estimate of drug-likeness (QED) is 0.795. The molecule has 2 aromatic rings. The molecule has 1 aromatic carbocycles. The first kappa shape index (κ1) is 14.3. The number of hydrogen-bond donors (Lipinski definition) is 0. The number of carbonyl (C=O) groups is 1. The Hall–Kier alpha value is -1.61. The van der Waals surface area contributed by atoms with Crippen LogP contribution in [0.25, 0.3) is 10.8 Å². The Balaban J connectivity index is 2.02. The number of hydrogen-bond acceptors (Lipinski definition) is 2. The first-order valence-corrected chi connectivity index (χ1v) is 7.80. The van der Waals surface area contributed by atoms with Crippen molar-refractivity contribution in [3.05, 3.63) is 41.2 Å². The molecule has 1 fully saturated rings. The van der Waals surface area contributed by atoms with Crippen molar-refractivity contribution in [2.45, 2.75) is 32.7 Å². The van der Waals surface area contributed by atoms with Crippen LogP contribution < -0.4 is 0 Å². The van der Waals surface area contributed by atoms with Crippen molar-refractivity contribution >= 4 is 28.3 Å². The number of benzene rings is 1. The zero-order valence-corrected chi connectivity index (χ0v) is 13.1. The van der Waals surface area contributed by atoms with E-state index < -0.39 is 0 Å². The van der Waals surface area contributed by atoms with Gasteiger partial charge in [-0.3, -0.25) is 4.79 Å². The van der Waals surface area contributed by atoms with Crippen LogP contribution in [0.1, 0.15) is 37.0 Å².